The molecule has 7 nitrogen and oxygen atoms in total. The molecule has 104 valence electrons. The fourth-order valence-corrected chi connectivity index (χ4v) is 4.42. The summed E-state index contributed by atoms with van der Waals surface area (Å²) < 4.78 is 5.48. The van der Waals surface area contributed by atoms with Crippen LogP contribution in [0.3, 0.4) is 0 Å². The van der Waals surface area contributed by atoms with E-state index in [1.54, 1.807) is 0 Å². The van der Waals surface area contributed by atoms with Crippen LogP contribution < -0.4 is 5.32 Å². The molecule has 1 unspecified atom stereocenters. The summed E-state index contributed by atoms with van der Waals surface area (Å²) in [7, 11) is 2.92. The number of carboxylic acids is 1. The number of carboxylic acid groups (broad SMARTS) is 1. The lowest BCUT2D eigenvalue weighted by Gasteiger charge is -2.40. The number of amides is 2. The van der Waals surface area contributed by atoms with Crippen LogP contribution in [0, 0.1) is 0 Å². The third kappa shape index (κ3) is 2.33. The van der Waals surface area contributed by atoms with Crippen molar-refractivity contribution in [3.05, 3.63) is 9.93 Å². The molecule has 2 rings (SSSR count). The van der Waals surface area contributed by atoms with Crippen molar-refractivity contribution in [1.29, 1.82) is 0 Å². The first-order valence-electron chi connectivity index (χ1n) is 5.34. The Morgan fingerprint density at radius 3 is 2.79 bits per heavy atom. The van der Waals surface area contributed by atoms with Gasteiger partial charge in [-0.25, -0.2) is 4.79 Å². The number of carbonyl (C=O) groups excluding carboxylic acids is 2. The number of methoxy groups -OCH3 is 1. The van der Waals surface area contributed by atoms with Gasteiger partial charge >= 0.3 is 5.97 Å². The minimum absolute atomic E-state index is 0.0535. The molecule has 2 aliphatic heterocycles. The van der Waals surface area contributed by atoms with E-state index in [4.69, 9.17) is 4.74 Å². The van der Waals surface area contributed by atoms with Gasteiger partial charge in [-0.15, -0.1) is 11.8 Å². The van der Waals surface area contributed by atoms with Crippen molar-refractivity contribution < 1.29 is 24.2 Å². The Labute approximate surface area is 117 Å². The standard InChI is InChI=1S/C10H12N2O5S2/c1-11-4(13)3-18-10-5(9(15)16)12-7(14)6(17-2)8(12)19-10/h6,8H,3H2,1-2H3,(H,11,13)(H,15,16)/t6?,8-/m1/s1. The van der Waals surface area contributed by atoms with Crippen molar-refractivity contribution in [3.63, 3.8) is 0 Å². The van der Waals surface area contributed by atoms with E-state index >= 15 is 0 Å². The SMILES string of the molecule is CNC(=O)CSC1=C(C(=O)O)N2C(=O)C(OC)[C@H]2S1. The minimum atomic E-state index is -1.17. The van der Waals surface area contributed by atoms with Crippen LogP contribution in [-0.4, -0.2) is 59.2 Å². The molecule has 0 aromatic heterocycles. The van der Waals surface area contributed by atoms with E-state index in [1.807, 2.05) is 0 Å². The monoisotopic (exact) mass is 304 g/mol. The molecule has 0 saturated carbocycles. The van der Waals surface area contributed by atoms with E-state index in [0.717, 1.165) is 11.8 Å². The molecule has 9 heteroatoms. The highest BCUT2D eigenvalue weighted by molar-refractivity contribution is 8.23. The van der Waals surface area contributed by atoms with Crippen molar-refractivity contribution in [1.82, 2.24) is 10.2 Å². The largest absolute Gasteiger partial charge is 0.477 e. The van der Waals surface area contributed by atoms with E-state index in [0.29, 0.717) is 4.24 Å². The number of nitrogens with zero attached hydrogens (tertiary/aromatic N) is 1. The summed E-state index contributed by atoms with van der Waals surface area (Å²) in [4.78, 5) is 35.4. The fourth-order valence-electron chi connectivity index (χ4n) is 1.77. The van der Waals surface area contributed by atoms with E-state index in [2.05, 4.69) is 5.32 Å². The number of aliphatic carboxylic acids is 1. The molecule has 1 saturated heterocycles. The zero-order valence-corrected chi connectivity index (χ0v) is 11.8. The number of β-lactam (4-membered cyclic amide) rings is 1. The number of hydrogen-bond acceptors (Lipinski definition) is 6. The van der Waals surface area contributed by atoms with Gasteiger partial charge in [0.05, 0.1) is 9.99 Å². The molecule has 2 atom stereocenters. The second-order valence-electron chi connectivity index (χ2n) is 3.78. The Morgan fingerprint density at radius 2 is 2.26 bits per heavy atom. The van der Waals surface area contributed by atoms with Gasteiger partial charge < -0.3 is 15.2 Å². The number of ether oxygens (including phenoxy) is 1. The van der Waals surface area contributed by atoms with E-state index in [1.165, 1.54) is 30.8 Å². The van der Waals surface area contributed by atoms with Crippen LogP contribution in [0.25, 0.3) is 0 Å². The van der Waals surface area contributed by atoms with Gasteiger partial charge in [-0.05, 0) is 0 Å². The van der Waals surface area contributed by atoms with Crippen LogP contribution in [-0.2, 0) is 19.1 Å². The first-order chi connectivity index (χ1) is 9.01. The average Bonchev–Trinajstić information content (AvgIpc) is 2.71. The molecule has 2 amide bonds. The summed E-state index contributed by atoms with van der Waals surface area (Å²) in [5.41, 5.74) is -0.0535. The van der Waals surface area contributed by atoms with Gasteiger partial charge in [-0.3, -0.25) is 14.5 Å². The van der Waals surface area contributed by atoms with E-state index in [-0.39, 0.29) is 28.6 Å². The Bertz CT molecular complexity index is 479. The molecule has 2 heterocycles. The zero-order chi connectivity index (χ0) is 14.2. The van der Waals surface area contributed by atoms with Gasteiger partial charge in [0.15, 0.2) is 11.8 Å². The van der Waals surface area contributed by atoms with E-state index < -0.39 is 12.1 Å². The molecule has 19 heavy (non-hydrogen) atoms. The smallest absolute Gasteiger partial charge is 0.354 e. The Hall–Kier alpha value is -1.19. The Balaban J connectivity index is 2.15. The van der Waals surface area contributed by atoms with Crippen LogP contribution in [0.2, 0.25) is 0 Å². The summed E-state index contributed by atoms with van der Waals surface area (Å²) in [5.74, 6) is -1.61. The summed E-state index contributed by atoms with van der Waals surface area (Å²) in [6.07, 6.45) is -0.613. The lowest BCUT2D eigenvalue weighted by atomic mass is 10.1. The van der Waals surface area contributed by atoms with Crippen molar-refractivity contribution in [2.24, 2.45) is 0 Å². The lowest BCUT2D eigenvalue weighted by Crippen LogP contribution is -2.61. The number of fused-ring (bicyclic) bond motifs is 1. The van der Waals surface area contributed by atoms with Crippen molar-refractivity contribution in [2.75, 3.05) is 19.9 Å². The predicted molar refractivity (Wildman–Crippen MR) is 70.2 cm³/mol. The number of thioether (sulfide) groups is 2. The third-order valence-corrected chi connectivity index (χ3v) is 5.34. The van der Waals surface area contributed by atoms with Crippen LogP contribution in [0.5, 0.6) is 0 Å². The van der Waals surface area contributed by atoms with Crippen molar-refractivity contribution >= 4 is 41.3 Å². The van der Waals surface area contributed by atoms with Crippen molar-refractivity contribution in [3.8, 4) is 0 Å². The fraction of sp³-hybridized carbons (Fsp3) is 0.500. The normalized spacial score (nSPS) is 25.2. The molecule has 1 fully saturated rings. The third-order valence-electron chi connectivity index (χ3n) is 2.73. The van der Waals surface area contributed by atoms with Gasteiger partial charge in [-0.2, -0.15) is 0 Å². The molecule has 0 aliphatic carbocycles. The van der Waals surface area contributed by atoms with Crippen LogP contribution in [0.1, 0.15) is 0 Å². The summed E-state index contributed by atoms with van der Waals surface area (Å²) in [5, 5.41) is 11.3. The number of rotatable bonds is 5. The average molecular weight is 304 g/mol. The number of hydrogen-bond donors (Lipinski definition) is 2. The maximum Gasteiger partial charge on any atom is 0.354 e. The van der Waals surface area contributed by atoms with Gasteiger partial charge in [0, 0.05) is 14.2 Å². The van der Waals surface area contributed by atoms with Crippen molar-refractivity contribution in [2.45, 2.75) is 11.5 Å². The Kier molecular flexibility index (Phi) is 4.07. The highest BCUT2D eigenvalue weighted by Crippen LogP contribution is 2.51. The van der Waals surface area contributed by atoms with Crippen LogP contribution in [0.15, 0.2) is 9.93 Å². The van der Waals surface area contributed by atoms with E-state index in [9.17, 15) is 19.5 Å². The molecule has 0 aromatic carbocycles. The number of nitrogens with one attached hydrogen (secondary N) is 1. The molecule has 0 aromatic rings. The second-order valence-corrected chi connectivity index (χ2v) is 6.15. The van der Waals surface area contributed by atoms with Gasteiger partial charge in [0.2, 0.25) is 5.91 Å². The quantitative estimate of drug-likeness (QED) is 0.670. The predicted octanol–water partition coefficient (Wildman–Crippen LogP) is -0.351. The summed E-state index contributed by atoms with van der Waals surface area (Å²) in [6.45, 7) is 0. The zero-order valence-electron chi connectivity index (χ0n) is 10.2. The molecular weight excluding hydrogens is 292 g/mol. The molecule has 0 radical (unpaired) electrons. The lowest BCUT2D eigenvalue weighted by molar-refractivity contribution is -0.161. The van der Waals surface area contributed by atoms with Gasteiger partial charge in [-0.1, -0.05) is 11.8 Å². The van der Waals surface area contributed by atoms with Gasteiger partial charge in [0.25, 0.3) is 5.91 Å². The highest BCUT2D eigenvalue weighted by Gasteiger charge is 2.56. The van der Waals surface area contributed by atoms with Crippen LogP contribution >= 0.6 is 23.5 Å². The molecule has 0 bridgehead atoms. The summed E-state index contributed by atoms with van der Waals surface area (Å²) >= 11 is 2.36. The maximum absolute atomic E-state index is 11.7. The summed E-state index contributed by atoms with van der Waals surface area (Å²) in [6, 6.07) is 0. The molecular formula is C10H12N2O5S2. The topological polar surface area (TPSA) is 95.9 Å². The highest BCUT2D eigenvalue weighted by atomic mass is 32.2. The molecule has 2 N–H and O–H groups in total. The Morgan fingerprint density at radius 1 is 1.58 bits per heavy atom. The first kappa shape index (κ1) is 14.2. The van der Waals surface area contributed by atoms with Gasteiger partial charge in [0.1, 0.15) is 5.37 Å². The first-order valence-corrected chi connectivity index (χ1v) is 7.21. The number of carbonyl (C=O) groups is 3. The maximum atomic E-state index is 11.7. The van der Waals surface area contributed by atoms with Crippen LogP contribution in [0.4, 0.5) is 0 Å². The second kappa shape index (κ2) is 5.43. The minimum Gasteiger partial charge on any atom is -0.477 e. The molecule has 0 spiro atoms. The molecule has 2 aliphatic rings.